The van der Waals surface area contributed by atoms with Gasteiger partial charge in [0.15, 0.2) is 0 Å². The molecule has 2 aliphatic heterocycles. The van der Waals surface area contributed by atoms with Crippen LogP contribution in [0.5, 0.6) is 0 Å². The normalized spacial score (nSPS) is 24.8. The summed E-state index contributed by atoms with van der Waals surface area (Å²) in [7, 11) is 0. The van der Waals surface area contributed by atoms with Gasteiger partial charge in [-0.05, 0) is 36.2 Å². The first-order valence-corrected chi connectivity index (χ1v) is 11.3. The van der Waals surface area contributed by atoms with E-state index in [0.29, 0.717) is 0 Å². The third-order valence-electron chi connectivity index (χ3n) is 6.12. The number of hydrogen-bond donors (Lipinski definition) is 1. The van der Waals surface area contributed by atoms with Gasteiger partial charge in [-0.25, -0.2) is 0 Å². The van der Waals surface area contributed by atoms with E-state index in [-0.39, 0.29) is 24.3 Å². The zero-order chi connectivity index (χ0) is 21.0. The molecule has 4 nitrogen and oxygen atoms in total. The predicted octanol–water partition coefficient (Wildman–Crippen LogP) is 5.38. The highest BCUT2D eigenvalue weighted by Gasteiger charge is 2.54. The smallest absolute Gasteiger partial charge is 0.136 e. The number of nitrogens with zero attached hydrogens (tertiary/aromatic N) is 2. The molecule has 4 unspecified atom stereocenters. The van der Waals surface area contributed by atoms with Gasteiger partial charge in [-0.15, -0.1) is 0 Å². The van der Waals surface area contributed by atoms with Gasteiger partial charge in [-0.2, -0.15) is 5.10 Å². The van der Waals surface area contributed by atoms with Crippen molar-refractivity contribution in [3.63, 3.8) is 0 Å². The molecule has 1 fully saturated rings. The van der Waals surface area contributed by atoms with Crippen LogP contribution in [-0.2, 0) is 4.74 Å². The summed E-state index contributed by atoms with van der Waals surface area (Å²) in [4.78, 5) is 0. The van der Waals surface area contributed by atoms with Crippen molar-refractivity contribution in [2.45, 2.75) is 38.1 Å². The molecule has 3 aromatic carbocycles. The molecule has 0 saturated carbocycles. The van der Waals surface area contributed by atoms with Crippen molar-refractivity contribution in [2.24, 2.45) is 11.0 Å². The second kappa shape index (κ2) is 9.04. The van der Waals surface area contributed by atoms with E-state index in [0.717, 1.165) is 29.9 Å². The van der Waals surface area contributed by atoms with Crippen molar-refractivity contribution in [1.82, 2.24) is 5.32 Å². The summed E-state index contributed by atoms with van der Waals surface area (Å²) < 4.78 is 6.22. The van der Waals surface area contributed by atoms with Gasteiger partial charge in [-0.3, -0.25) is 10.3 Å². The van der Waals surface area contributed by atoms with Crippen LogP contribution in [-0.4, -0.2) is 24.6 Å². The van der Waals surface area contributed by atoms with Gasteiger partial charge in [0.1, 0.15) is 12.3 Å². The van der Waals surface area contributed by atoms with Crippen LogP contribution in [0.3, 0.4) is 0 Å². The Bertz CT molecular complexity index is 1010. The van der Waals surface area contributed by atoms with Crippen LogP contribution in [0, 0.1) is 5.92 Å². The Hall–Kier alpha value is -2.95. The molecule has 31 heavy (non-hydrogen) atoms. The molecule has 0 spiro atoms. The van der Waals surface area contributed by atoms with E-state index in [2.05, 4.69) is 102 Å². The van der Waals surface area contributed by atoms with E-state index in [1.54, 1.807) is 0 Å². The lowest BCUT2D eigenvalue weighted by Crippen LogP contribution is -2.33. The Labute approximate surface area is 184 Å². The molecule has 2 aliphatic rings. The van der Waals surface area contributed by atoms with Crippen molar-refractivity contribution >= 4 is 11.4 Å². The molecule has 4 heteroatoms. The van der Waals surface area contributed by atoms with Gasteiger partial charge in [0.25, 0.3) is 0 Å². The summed E-state index contributed by atoms with van der Waals surface area (Å²) in [5.41, 5.74) is 4.62. The quantitative estimate of drug-likeness (QED) is 0.399. The van der Waals surface area contributed by atoms with Gasteiger partial charge in [0.05, 0.1) is 23.4 Å². The van der Waals surface area contributed by atoms with Crippen LogP contribution in [0.1, 0.15) is 36.9 Å². The van der Waals surface area contributed by atoms with E-state index in [4.69, 9.17) is 9.84 Å². The lowest BCUT2D eigenvalue weighted by Gasteiger charge is -2.28. The number of unbranched alkanes of at least 4 members (excludes halogenated alkanes) is 1. The molecule has 5 rings (SSSR count). The standard InChI is InChI=1S/C27H29N3O/c1-2-3-19-28-27-26(31-27)23-24(20-13-7-4-8-14-20)29-30(22-17-11-6-12-18-22)25(23)21-15-9-5-10-16-21/h4-18,23,25-28H,2-3,19H2,1H3. The lowest BCUT2D eigenvalue weighted by atomic mass is 9.84. The Morgan fingerprint density at radius 2 is 1.52 bits per heavy atom. The van der Waals surface area contributed by atoms with E-state index in [1.807, 2.05) is 6.07 Å². The average Bonchev–Trinajstić information content (AvgIpc) is 3.49. The highest BCUT2D eigenvalue weighted by Crippen LogP contribution is 2.47. The molecule has 158 valence electrons. The molecule has 0 bridgehead atoms. The molecular weight excluding hydrogens is 382 g/mol. The molecule has 0 aliphatic carbocycles. The minimum absolute atomic E-state index is 0.0850. The molecule has 2 heterocycles. The van der Waals surface area contributed by atoms with Crippen molar-refractivity contribution < 1.29 is 4.74 Å². The van der Waals surface area contributed by atoms with Crippen LogP contribution in [0.15, 0.2) is 96.1 Å². The second-order valence-electron chi connectivity index (χ2n) is 8.24. The Kier molecular flexibility index (Phi) is 5.83. The zero-order valence-electron chi connectivity index (χ0n) is 17.9. The summed E-state index contributed by atoms with van der Waals surface area (Å²) in [5, 5.41) is 11.0. The molecule has 0 aromatic heterocycles. The molecule has 0 radical (unpaired) electrons. The fraction of sp³-hybridized carbons (Fsp3) is 0.296. The zero-order valence-corrected chi connectivity index (χ0v) is 17.9. The maximum Gasteiger partial charge on any atom is 0.136 e. The van der Waals surface area contributed by atoms with Crippen molar-refractivity contribution in [3.8, 4) is 0 Å². The minimum Gasteiger partial charge on any atom is -0.352 e. The summed E-state index contributed by atoms with van der Waals surface area (Å²) in [6.07, 6.45) is 2.54. The number of anilines is 1. The number of nitrogens with one attached hydrogen (secondary N) is 1. The van der Waals surface area contributed by atoms with Gasteiger partial charge in [0, 0.05) is 0 Å². The van der Waals surface area contributed by atoms with Crippen LogP contribution in [0.2, 0.25) is 0 Å². The molecule has 0 amide bonds. The second-order valence-corrected chi connectivity index (χ2v) is 8.24. The average molecular weight is 412 g/mol. The Balaban J connectivity index is 1.55. The maximum atomic E-state index is 6.22. The first kappa shape index (κ1) is 20.0. The maximum absolute atomic E-state index is 6.22. The number of rotatable bonds is 8. The van der Waals surface area contributed by atoms with Crippen LogP contribution >= 0.6 is 0 Å². The highest BCUT2D eigenvalue weighted by atomic mass is 16.6. The van der Waals surface area contributed by atoms with Crippen molar-refractivity contribution in [3.05, 3.63) is 102 Å². The molecule has 4 atom stereocenters. The van der Waals surface area contributed by atoms with E-state index in [9.17, 15) is 0 Å². The lowest BCUT2D eigenvalue weighted by molar-refractivity contribution is 0.317. The van der Waals surface area contributed by atoms with Crippen LogP contribution in [0.25, 0.3) is 0 Å². The summed E-state index contributed by atoms with van der Waals surface area (Å²) >= 11 is 0. The van der Waals surface area contributed by atoms with Crippen molar-refractivity contribution in [1.29, 1.82) is 0 Å². The van der Waals surface area contributed by atoms with E-state index >= 15 is 0 Å². The van der Waals surface area contributed by atoms with Crippen molar-refractivity contribution in [2.75, 3.05) is 11.6 Å². The SMILES string of the molecule is CCCCNC1OC1C1C(c2ccccc2)=NN(c2ccccc2)C1c1ccccc1. The van der Waals surface area contributed by atoms with E-state index < -0.39 is 0 Å². The van der Waals surface area contributed by atoms with Crippen LogP contribution in [0.4, 0.5) is 5.69 Å². The predicted molar refractivity (Wildman–Crippen MR) is 126 cm³/mol. The van der Waals surface area contributed by atoms with Gasteiger partial charge >= 0.3 is 0 Å². The van der Waals surface area contributed by atoms with Gasteiger partial charge in [0.2, 0.25) is 0 Å². The van der Waals surface area contributed by atoms with E-state index in [1.165, 1.54) is 12.0 Å². The minimum atomic E-state index is 0.0850. The third kappa shape index (κ3) is 4.14. The molecular formula is C27H29N3O. The monoisotopic (exact) mass is 411 g/mol. The van der Waals surface area contributed by atoms with Crippen LogP contribution < -0.4 is 10.3 Å². The fourth-order valence-corrected chi connectivity index (χ4v) is 4.52. The number of hydrazone groups is 1. The molecule has 3 aromatic rings. The van der Waals surface area contributed by atoms with Gasteiger partial charge in [-0.1, -0.05) is 92.2 Å². The highest BCUT2D eigenvalue weighted by molar-refractivity contribution is 6.05. The Morgan fingerprint density at radius 3 is 2.19 bits per heavy atom. The fourth-order valence-electron chi connectivity index (χ4n) is 4.52. The molecule has 1 saturated heterocycles. The first-order chi connectivity index (χ1) is 15.4. The third-order valence-corrected chi connectivity index (χ3v) is 6.12. The summed E-state index contributed by atoms with van der Waals surface area (Å²) in [6, 6.07) is 31.8. The molecule has 1 N–H and O–H groups in total. The van der Waals surface area contributed by atoms with Gasteiger partial charge < -0.3 is 4.74 Å². The number of benzene rings is 3. The Morgan fingerprint density at radius 1 is 0.871 bits per heavy atom. The largest absolute Gasteiger partial charge is 0.352 e. The topological polar surface area (TPSA) is 40.2 Å². The first-order valence-electron chi connectivity index (χ1n) is 11.3. The number of ether oxygens (including phenoxy) is 1. The number of hydrogen-bond acceptors (Lipinski definition) is 4. The number of para-hydroxylation sites is 1. The number of epoxide rings is 1. The summed E-state index contributed by atoms with van der Waals surface area (Å²) in [6.45, 7) is 3.20. The summed E-state index contributed by atoms with van der Waals surface area (Å²) in [5.74, 6) is 0.143.